The molecular formula is C21H20N4O2S3. The van der Waals surface area contributed by atoms with Crippen LogP contribution in [0.5, 0.6) is 0 Å². The molecule has 2 aromatic carbocycles. The summed E-state index contributed by atoms with van der Waals surface area (Å²) in [4.78, 5) is 13.1. The van der Waals surface area contributed by atoms with E-state index in [1.165, 1.54) is 0 Å². The minimum Gasteiger partial charge on any atom is -0.284 e. The lowest BCUT2D eigenvalue weighted by atomic mass is 10.1. The summed E-state index contributed by atoms with van der Waals surface area (Å²) >= 11 is 3.23. The number of thioether (sulfide) groups is 1. The van der Waals surface area contributed by atoms with Crippen LogP contribution in [0.1, 0.15) is 12.2 Å². The molecule has 0 atom stereocenters. The highest BCUT2D eigenvalue weighted by molar-refractivity contribution is 8.01. The molecule has 6 nitrogen and oxygen atoms in total. The summed E-state index contributed by atoms with van der Waals surface area (Å²) in [6, 6.07) is 17.0. The van der Waals surface area contributed by atoms with Crippen LogP contribution < -0.4 is 4.72 Å². The Balaban J connectivity index is 1.33. The lowest BCUT2D eigenvalue weighted by Crippen LogP contribution is -2.17. The monoisotopic (exact) mass is 456 g/mol. The maximum absolute atomic E-state index is 12.5. The fraction of sp³-hybridized carbons (Fsp3) is 0.190. The zero-order valence-corrected chi connectivity index (χ0v) is 18.7. The molecule has 4 aromatic rings. The predicted molar refractivity (Wildman–Crippen MR) is 125 cm³/mol. The number of para-hydroxylation sites is 1. The van der Waals surface area contributed by atoms with Gasteiger partial charge in [0.2, 0.25) is 10.0 Å². The van der Waals surface area contributed by atoms with Gasteiger partial charge in [-0.2, -0.15) is 0 Å². The highest BCUT2D eigenvalue weighted by Gasteiger charge is 2.12. The number of aromatic nitrogens is 3. The van der Waals surface area contributed by atoms with E-state index < -0.39 is 10.0 Å². The van der Waals surface area contributed by atoms with E-state index in [1.54, 1.807) is 47.5 Å². The van der Waals surface area contributed by atoms with E-state index in [0.29, 0.717) is 23.7 Å². The van der Waals surface area contributed by atoms with Crippen LogP contribution in [-0.2, 0) is 10.0 Å². The quantitative estimate of drug-likeness (QED) is 0.297. The second-order valence-electron chi connectivity index (χ2n) is 6.64. The topological polar surface area (TPSA) is 84.8 Å². The van der Waals surface area contributed by atoms with Gasteiger partial charge in [-0.05, 0) is 43.7 Å². The Bertz CT molecular complexity index is 1240. The molecule has 0 fully saturated rings. The summed E-state index contributed by atoms with van der Waals surface area (Å²) in [5.41, 5.74) is 3.11. The average molecular weight is 457 g/mol. The third-order valence-corrected chi connectivity index (χ3v) is 7.90. The number of anilines is 1. The Kier molecular flexibility index (Phi) is 6.31. The molecule has 0 saturated heterocycles. The van der Waals surface area contributed by atoms with Crippen LogP contribution in [0, 0.1) is 6.92 Å². The van der Waals surface area contributed by atoms with E-state index in [4.69, 9.17) is 0 Å². The van der Waals surface area contributed by atoms with Crippen LogP contribution >= 0.6 is 23.1 Å². The van der Waals surface area contributed by atoms with E-state index in [1.807, 2.05) is 43.3 Å². The van der Waals surface area contributed by atoms with E-state index >= 15 is 0 Å². The number of nitrogens with zero attached hydrogens (tertiary/aromatic N) is 3. The molecule has 0 aliphatic heterocycles. The van der Waals surface area contributed by atoms with Crippen molar-refractivity contribution < 1.29 is 8.42 Å². The van der Waals surface area contributed by atoms with Crippen molar-refractivity contribution in [3.8, 4) is 11.3 Å². The third-order valence-electron chi connectivity index (χ3n) is 4.26. The molecule has 0 amide bonds. The average Bonchev–Trinajstić information content (AvgIpc) is 3.14. The molecule has 0 radical (unpaired) electrons. The molecule has 2 heterocycles. The summed E-state index contributed by atoms with van der Waals surface area (Å²) in [6.45, 7) is 1.82. The van der Waals surface area contributed by atoms with Crippen LogP contribution in [0.4, 0.5) is 5.69 Å². The smallest absolute Gasteiger partial charge is 0.232 e. The molecule has 2 aromatic heterocycles. The van der Waals surface area contributed by atoms with Gasteiger partial charge in [-0.15, -0.1) is 11.3 Å². The highest BCUT2D eigenvalue weighted by atomic mass is 32.2. The third kappa shape index (κ3) is 5.35. The molecule has 9 heteroatoms. The normalized spacial score (nSPS) is 11.6. The number of hydrogen-bond donors (Lipinski definition) is 1. The summed E-state index contributed by atoms with van der Waals surface area (Å²) in [6.07, 6.45) is 2.23. The van der Waals surface area contributed by atoms with Gasteiger partial charge in [0.1, 0.15) is 5.82 Å². The van der Waals surface area contributed by atoms with E-state index in [9.17, 15) is 8.42 Å². The van der Waals surface area contributed by atoms with Gasteiger partial charge in [0.25, 0.3) is 0 Å². The van der Waals surface area contributed by atoms with Crippen LogP contribution in [0.3, 0.4) is 0 Å². The largest absolute Gasteiger partial charge is 0.284 e. The van der Waals surface area contributed by atoms with Gasteiger partial charge in [0.15, 0.2) is 4.34 Å². The first-order valence-electron chi connectivity index (χ1n) is 9.37. The molecule has 0 bridgehead atoms. The van der Waals surface area contributed by atoms with Gasteiger partial charge in [-0.25, -0.2) is 23.4 Å². The van der Waals surface area contributed by atoms with Gasteiger partial charge in [-0.1, -0.05) is 36.0 Å². The molecule has 0 saturated carbocycles. The lowest BCUT2D eigenvalue weighted by molar-refractivity contribution is 0.600. The van der Waals surface area contributed by atoms with Crippen molar-refractivity contribution in [1.29, 1.82) is 0 Å². The number of thiazole rings is 1. The Morgan fingerprint density at radius 3 is 2.77 bits per heavy atom. The van der Waals surface area contributed by atoms with Crippen LogP contribution in [0.15, 0.2) is 65.1 Å². The molecule has 154 valence electrons. The molecule has 1 N–H and O–H groups in total. The van der Waals surface area contributed by atoms with Crippen molar-refractivity contribution in [2.45, 2.75) is 17.7 Å². The number of aryl methyl sites for hydroxylation is 1. The van der Waals surface area contributed by atoms with E-state index in [-0.39, 0.29) is 5.75 Å². The predicted octanol–water partition coefficient (Wildman–Crippen LogP) is 4.99. The molecular weight excluding hydrogens is 436 g/mol. The van der Waals surface area contributed by atoms with Crippen molar-refractivity contribution >= 4 is 49.0 Å². The van der Waals surface area contributed by atoms with Gasteiger partial charge in [0, 0.05) is 23.2 Å². The molecule has 4 rings (SSSR count). The number of rotatable bonds is 8. The first-order chi connectivity index (χ1) is 14.5. The van der Waals surface area contributed by atoms with E-state index in [2.05, 4.69) is 19.7 Å². The Hall–Kier alpha value is -2.49. The maximum Gasteiger partial charge on any atom is 0.232 e. The fourth-order valence-corrected chi connectivity index (χ4v) is 6.28. The minimum atomic E-state index is -3.43. The highest BCUT2D eigenvalue weighted by Crippen LogP contribution is 2.29. The fourth-order valence-electron chi connectivity index (χ4n) is 2.91. The SMILES string of the molecule is Cc1nccc(-c2cccc(NS(=O)(=O)CCCSc3nc4ccccc4s3)c2)n1. The first kappa shape index (κ1) is 20.8. The Morgan fingerprint density at radius 1 is 1.07 bits per heavy atom. The van der Waals surface area contributed by atoms with Crippen molar-refractivity contribution in [2.24, 2.45) is 0 Å². The number of hydrogen-bond acceptors (Lipinski definition) is 7. The van der Waals surface area contributed by atoms with Crippen molar-refractivity contribution in [3.05, 3.63) is 66.6 Å². The lowest BCUT2D eigenvalue weighted by Gasteiger charge is -2.09. The molecule has 0 unspecified atom stereocenters. The second kappa shape index (κ2) is 9.11. The van der Waals surface area contributed by atoms with E-state index in [0.717, 1.165) is 25.8 Å². The van der Waals surface area contributed by atoms with Gasteiger partial charge in [0.05, 0.1) is 21.7 Å². The standard InChI is InChI=1S/C21H20N4O2S3/c1-15-22-11-10-18(23-15)16-6-4-7-17(14-16)25-30(26,27)13-5-12-28-21-24-19-8-2-3-9-20(19)29-21/h2-4,6-11,14,25H,5,12-13H2,1H3. The summed E-state index contributed by atoms with van der Waals surface area (Å²) in [5.74, 6) is 1.42. The van der Waals surface area contributed by atoms with Gasteiger partial charge < -0.3 is 0 Å². The van der Waals surface area contributed by atoms with Crippen molar-refractivity contribution in [3.63, 3.8) is 0 Å². The Labute approximate surface area is 183 Å². The second-order valence-corrected chi connectivity index (χ2v) is 10.9. The number of sulfonamides is 1. The first-order valence-corrected chi connectivity index (χ1v) is 12.8. The van der Waals surface area contributed by atoms with Crippen LogP contribution in [0.25, 0.3) is 21.5 Å². The number of benzene rings is 2. The zero-order chi connectivity index (χ0) is 21.0. The van der Waals surface area contributed by atoms with Crippen LogP contribution in [-0.4, -0.2) is 34.9 Å². The van der Waals surface area contributed by atoms with Crippen molar-refractivity contribution in [1.82, 2.24) is 15.0 Å². The molecule has 0 aliphatic carbocycles. The minimum absolute atomic E-state index is 0.0573. The van der Waals surface area contributed by atoms with Crippen molar-refractivity contribution in [2.75, 3.05) is 16.2 Å². The number of fused-ring (bicyclic) bond motifs is 1. The molecule has 30 heavy (non-hydrogen) atoms. The summed E-state index contributed by atoms with van der Waals surface area (Å²) < 4.78 is 29.8. The summed E-state index contributed by atoms with van der Waals surface area (Å²) in [7, 11) is -3.43. The molecule has 0 spiro atoms. The van der Waals surface area contributed by atoms with Crippen LogP contribution in [0.2, 0.25) is 0 Å². The van der Waals surface area contributed by atoms with Gasteiger partial charge in [-0.3, -0.25) is 4.72 Å². The molecule has 0 aliphatic rings. The Morgan fingerprint density at radius 2 is 1.93 bits per heavy atom. The maximum atomic E-state index is 12.5. The number of nitrogens with one attached hydrogen (secondary N) is 1. The zero-order valence-electron chi connectivity index (χ0n) is 16.3. The van der Waals surface area contributed by atoms with Gasteiger partial charge >= 0.3 is 0 Å². The summed E-state index contributed by atoms with van der Waals surface area (Å²) in [5, 5.41) is 0.